The zero-order valence-electron chi connectivity index (χ0n) is 9.29. The molecule has 2 amide bonds. The molecule has 6 heteroatoms. The van der Waals surface area contributed by atoms with E-state index in [1.165, 1.54) is 0 Å². The van der Waals surface area contributed by atoms with Crippen molar-refractivity contribution in [2.75, 3.05) is 11.9 Å². The van der Waals surface area contributed by atoms with E-state index in [2.05, 4.69) is 15.6 Å². The first kappa shape index (κ1) is 11.9. The number of nitrogens with zero attached hydrogens (tertiary/aromatic N) is 1. The number of hydrogen-bond acceptors (Lipinski definition) is 3. The summed E-state index contributed by atoms with van der Waals surface area (Å²) in [6, 6.07) is 1.76. The fraction of sp³-hybridized carbons (Fsp3) is 0.364. The van der Waals surface area contributed by atoms with Crippen molar-refractivity contribution in [3.63, 3.8) is 0 Å². The second-order valence-electron chi connectivity index (χ2n) is 3.99. The van der Waals surface area contributed by atoms with Gasteiger partial charge in [-0.25, -0.2) is 4.98 Å². The quantitative estimate of drug-likeness (QED) is 0.776. The Bertz CT molecular complexity index is 456. The Morgan fingerprint density at radius 1 is 1.65 bits per heavy atom. The third-order valence-corrected chi connectivity index (χ3v) is 3.00. The van der Waals surface area contributed by atoms with Crippen LogP contribution in [0, 0.1) is 12.8 Å². The predicted octanol–water partition coefficient (Wildman–Crippen LogP) is 1.12. The first-order valence-corrected chi connectivity index (χ1v) is 5.64. The highest BCUT2D eigenvalue weighted by Crippen LogP contribution is 2.24. The second kappa shape index (κ2) is 4.71. The van der Waals surface area contributed by atoms with Gasteiger partial charge in [0, 0.05) is 19.2 Å². The van der Waals surface area contributed by atoms with Crippen molar-refractivity contribution < 1.29 is 9.59 Å². The molecule has 0 bridgehead atoms. The van der Waals surface area contributed by atoms with Gasteiger partial charge in [-0.05, 0) is 18.6 Å². The highest BCUT2D eigenvalue weighted by Gasteiger charge is 2.28. The maximum absolute atomic E-state index is 11.9. The van der Waals surface area contributed by atoms with Crippen molar-refractivity contribution >= 4 is 29.1 Å². The SMILES string of the molecule is Cc1ccnc(Cl)c1NC(=O)C1CNC(=O)C1. The first-order valence-electron chi connectivity index (χ1n) is 5.26. The van der Waals surface area contributed by atoms with Crippen molar-refractivity contribution in [2.24, 2.45) is 5.92 Å². The van der Waals surface area contributed by atoms with Crippen LogP contribution in [0.4, 0.5) is 5.69 Å². The monoisotopic (exact) mass is 253 g/mol. The summed E-state index contributed by atoms with van der Waals surface area (Å²) in [6.45, 7) is 2.21. The third-order valence-electron chi connectivity index (χ3n) is 2.71. The van der Waals surface area contributed by atoms with Crippen LogP contribution in [0.25, 0.3) is 0 Å². The molecule has 0 spiro atoms. The van der Waals surface area contributed by atoms with E-state index in [0.29, 0.717) is 12.2 Å². The Morgan fingerprint density at radius 2 is 2.41 bits per heavy atom. The van der Waals surface area contributed by atoms with Crippen LogP contribution < -0.4 is 10.6 Å². The fourth-order valence-electron chi connectivity index (χ4n) is 1.69. The van der Waals surface area contributed by atoms with Crippen LogP contribution in [0.5, 0.6) is 0 Å². The Kier molecular flexibility index (Phi) is 3.28. The molecule has 0 aliphatic carbocycles. The maximum atomic E-state index is 11.9. The number of halogens is 1. The van der Waals surface area contributed by atoms with E-state index >= 15 is 0 Å². The predicted molar refractivity (Wildman–Crippen MR) is 63.7 cm³/mol. The van der Waals surface area contributed by atoms with Crippen LogP contribution in [0.15, 0.2) is 12.3 Å². The van der Waals surface area contributed by atoms with Gasteiger partial charge < -0.3 is 10.6 Å². The van der Waals surface area contributed by atoms with Gasteiger partial charge >= 0.3 is 0 Å². The van der Waals surface area contributed by atoms with Crippen molar-refractivity contribution in [2.45, 2.75) is 13.3 Å². The summed E-state index contributed by atoms with van der Waals surface area (Å²) in [5.41, 5.74) is 1.36. The third kappa shape index (κ3) is 2.55. The lowest BCUT2D eigenvalue weighted by Crippen LogP contribution is -2.25. The molecule has 17 heavy (non-hydrogen) atoms. The standard InChI is InChI=1S/C11H12ClN3O2/c1-6-2-3-13-10(12)9(6)15-11(17)7-4-8(16)14-5-7/h2-3,7H,4-5H2,1H3,(H,14,16)(H,15,17). The molecule has 2 N–H and O–H groups in total. The van der Waals surface area contributed by atoms with Gasteiger partial charge in [-0.3, -0.25) is 9.59 Å². The molecule has 90 valence electrons. The summed E-state index contributed by atoms with van der Waals surface area (Å²) in [7, 11) is 0. The van der Waals surface area contributed by atoms with Gasteiger partial charge in [0.2, 0.25) is 11.8 Å². The van der Waals surface area contributed by atoms with Crippen LogP contribution in [0.1, 0.15) is 12.0 Å². The zero-order valence-corrected chi connectivity index (χ0v) is 10.0. The highest BCUT2D eigenvalue weighted by atomic mass is 35.5. The number of amides is 2. The Morgan fingerprint density at radius 3 is 3.00 bits per heavy atom. The van der Waals surface area contributed by atoms with Crippen molar-refractivity contribution in [3.8, 4) is 0 Å². The number of rotatable bonds is 2. The minimum Gasteiger partial charge on any atom is -0.355 e. The molecule has 1 saturated heterocycles. The molecule has 1 aromatic heterocycles. The van der Waals surface area contributed by atoms with Gasteiger partial charge in [0.25, 0.3) is 0 Å². The number of anilines is 1. The van der Waals surface area contributed by atoms with Gasteiger partial charge in [-0.1, -0.05) is 11.6 Å². The molecule has 2 rings (SSSR count). The first-order chi connectivity index (χ1) is 8.08. The van der Waals surface area contributed by atoms with Crippen LogP contribution in [0.2, 0.25) is 5.15 Å². The number of carbonyl (C=O) groups excluding carboxylic acids is 2. The minimum absolute atomic E-state index is 0.0980. The smallest absolute Gasteiger partial charge is 0.229 e. The van der Waals surface area contributed by atoms with Gasteiger partial charge in [0.05, 0.1) is 11.6 Å². The van der Waals surface area contributed by atoms with Crippen molar-refractivity contribution in [3.05, 3.63) is 23.0 Å². The molecule has 1 aliphatic heterocycles. The Labute approximate surface area is 104 Å². The molecule has 1 aliphatic rings. The van der Waals surface area contributed by atoms with Gasteiger partial charge in [-0.2, -0.15) is 0 Å². The molecular weight excluding hydrogens is 242 g/mol. The molecule has 0 saturated carbocycles. The normalized spacial score (nSPS) is 18.9. The maximum Gasteiger partial charge on any atom is 0.229 e. The Balaban J connectivity index is 2.11. The number of aryl methyl sites for hydroxylation is 1. The molecule has 2 heterocycles. The van der Waals surface area contributed by atoms with Gasteiger partial charge in [0.15, 0.2) is 5.15 Å². The Hall–Kier alpha value is -1.62. The van der Waals surface area contributed by atoms with E-state index in [4.69, 9.17) is 11.6 Å². The van der Waals surface area contributed by atoms with Crippen LogP contribution >= 0.6 is 11.6 Å². The van der Waals surface area contributed by atoms with Crippen molar-refractivity contribution in [1.82, 2.24) is 10.3 Å². The summed E-state index contributed by atoms with van der Waals surface area (Å²) in [4.78, 5) is 26.8. The summed E-state index contributed by atoms with van der Waals surface area (Å²) < 4.78 is 0. The molecule has 1 unspecified atom stereocenters. The van der Waals surface area contributed by atoms with Gasteiger partial charge in [0.1, 0.15) is 0 Å². The van der Waals surface area contributed by atoms with E-state index in [-0.39, 0.29) is 29.3 Å². The molecule has 0 aromatic carbocycles. The van der Waals surface area contributed by atoms with E-state index < -0.39 is 0 Å². The topological polar surface area (TPSA) is 71.1 Å². The van der Waals surface area contributed by atoms with E-state index in [1.807, 2.05) is 6.92 Å². The second-order valence-corrected chi connectivity index (χ2v) is 4.35. The molecule has 1 fully saturated rings. The minimum atomic E-state index is -0.335. The lowest BCUT2D eigenvalue weighted by Gasteiger charge is -2.12. The fourth-order valence-corrected chi connectivity index (χ4v) is 1.94. The summed E-state index contributed by atoms with van der Waals surface area (Å²) in [5, 5.41) is 5.59. The largest absolute Gasteiger partial charge is 0.355 e. The van der Waals surface area contributed by atoms with Crippen LogP contribution in [0.3, 0.4) is 0 Å². The summed E-state index contributed by atoms with van der Waals surface area (Å²) >= 11 is 5.90. The zero-order chi connectivity index (χ0) is 12.4. The van der Waals surface area contributed by atoms with Gasteiger partial charge in [-0.15, -0.1) is 0 Å². The number of hydrogen-bond donors (Lipinski definition) is 2. The van der Waals surface area contributed by atoms with E-state index in [9.17, 15) is 9.59 Å². The molecule has 5 nitrogen and oxygen atoms in total. The number of pyridine rings is 1. The van der Waals surface area contributed by atoms with E-state index in [0.717, 1.165) is 5.56 Å². The van der Waals surface area contributed by atoms with Crippen LogP contribution in [-0.4, -0.2) is 23.3 Å². The van der Waals surface area contributed by atoms with Crippen LogP contribution in [-0.2, 0) is 9.59 Å². The lowest BCUT2D eigenvalue weighted by molar-refractivity contribution is -0.123. The molecule has 1 atom stereocenters. The lowest BCUT2D eigenvalue weighted by atomic mass is 10.1. The highest BCUT2D eigenvalue weighted by molar-refractivity contribution is 6.32. The molecule has 1 aromatic rings. The average molecular weight is 254 g/mol. The van der Waals surface area contributed by atoms with Crippen molar-refractivity contribution in [1.29, 1.82) is 0 Å². The summed E-state index contributed by atoms with van der Waals surface area (Å²) in [6.07, 6.45) is 1.80. The number of nitrogens with one attached hydrogen (secondary N) is 2. The molecular formula is C11H12ClN3O2. The molecule has 0 radical (unpaired) electrons. The van der Waals surface area contributed by atoms with E-state index in [1.54, 1.807) is 12.3 Å². The number of carbonyl (C=O) groups is 2. The average Bonchev–Trinajstić information content (AvgIpc) is 2.70. The summed E-state index contributed by atoms with van der Waals surface area (Å²) in [5.74, 6) is -0.640. The number of aromatic nitrogens is 1.